The number of amides is 3. The lowest BCUT2D eigenvalue weighted by Crippen LogP contribution is -2.56. The van der Waals surface area contributed by atoms with Crippen LogP contribution in [0.3, 0.4) is 0 Å². The maximum Gasteiger partial charge on any atom is 0.272 e. The third kappa shape index (κ3) is 5.33. The van der Waals surface area contributed by atoms with Crippen molar-refractivity contribution < 1.29 is 24.7 Å². The first-order valence-electron chi connectivity index (χ1n) is 11.2. The second kappa shape index (κ2) is 11.2. The largest absolute Gasteiger partial charge is 0.382 e. The summed E-state index contributed by atoms with van der Waals surface area (Å²) in [5, 5.41) is 19.2. The van der Waals surface area contributed by atoms with Crippen LogP contribution in [0, 0.1) is 5.92 Å². The highest BCUT2D eigenvalue weighted by molar-refractivity contribution is 5.92. The molecule has 1 aromatic rings. The number of anilines is 1. The Balaban J connectivity index is 1.65. The normalized spacial score (nSPS) is 20.7. The Labute approximate surface area is 187 Å². The second-order valence-electron chi connectivity index (χ2n) is 8.22. The topological polar surface area (TPSA) is 139 Å². The van der Waals surface area contributed by atoms with Crippen molar-refractivity contribution in [2.45, 2.75) is 51.2 Å². The molecule has 0 spiro atoms. The van der Waals surface area contributed by atoms with E-state index >= 15 is 0 Å². The number of aliphatic hydroxyl groups is 1. The van der Waals surface area contributed by atoms with Crippen molar-refractivity contribution in [1.82, 2.24) is 25.2 Å². The highest BCUT2D eigenvalue weighted by Crippen LogP contribution is 2.26. The Hall–Kier alpha value is -2.79. The van der Waals surface area contributed by atoms with Gasteiger partial charge in [-0.15, -0.1) is 0 Å². The van der Waals surface area contributed by atoms with Gasteiger partial charge in [0.1, 0.15) is 12.1 Å². The Morgan fingerprint density at radius 2 is 1.84 bits per heavy atom. The zero-order chi connectivity index (χ0) is 23.1. The molecule has 2 aliphatic rings. The molecule has 11 heteroatoms. The van der Waals surface area contributed by atoms with Crippen molar-refractivity contribution >= 4 is 23.7 Å². The van der Waals surface area contributed by atoms with Crippen LogP contribution in [0.5, 0.6) is 0 Å². The molecule has 0 aromatic carbocycles. The van der Waals surface area contributed by atoms with Gasteiger partial charge in [0.15, 0.2) is 0 Å². The molecule has 1 aromatic heterocycles. The van der Waals surface area contributed by atoms with Crippen LogP contribution in [0.2, 0.25) is 0 Å². The van der Waals surface area contributed by atoms with E-state index in [-0.39, 0.29) is 5.91 Å². The minimum atomic E-state index is -1.66. The molecule has 0 aliphatic carbocycles. The van der Waals surface area contributed by atoms with Gasteiger partial charge in [0.2, 0.25) is 17.8 Å². The zero-order valence-electron chi connectivity index (χ0n) is 18.4. The van der Waals surface area contributed by atoms with Crippen LogP contribution in [0.1, 0.15) is 39.0 Å². The smallest absolute Gasteiger partial charge is 0.272 e. The number of aliphatic hydroxyl groups excluding tert-OH is 1. The van der Waals surface area contributed by atoms with Crippen LogP contribution in [-0.4, -0.2) is 92.7 Å². The summed E-state index contributed by atoms with van der Waals surface area (Å²) in [5.74, 6) is -1.91. The van der Waals surface area contributed by atoms with E-state index < -0.39 is 29.9 Å². The first-order chi connectivity index (χ1) is 15.5. The fourth-order valence-corrected chi connectivity index (χ4v) is 4.38. The van der Waals surface area contributed by atoms with Crippen molar-refractivity contribution in [3.8, 4) is 0 Å². The molecule has 3 heterocycles. The van der Waals surface area contributed by atoms with Crippen molar-refractivity contribution in [1.29, 1.82) is 0 Å². The Kier molecular flexibility index (Phi) is 8.34. The lowest BCUT2D eigenvalue weighted by atomic mass is 9.93. The van der Waals surface area contributed by atoms with Crippen LogP contribution in [0.25, 0.3) is 0 Å². The van der Waals surface area contributed by atoms with Gasteiger partial charge in [0.05, 0.1) is 5.92 Å². The molecular formula is C21H32N6O5. The quantitative estimate of drug-likeness (QED) is 0.367. The van der Waals surface area contributed by atoms with Crippen molar-refractivity contribution in [3.63, 3.8) is 0 Å². The predicted octanol–water partition coefficient (Wildman–Crippen LogP) is -0.211. The number of piperazine rings is 1. The van der Waals surface area contributed by atoms with Crippen LogP contribution in [0.4, 0.5) is 5.95 Å². The average molecular weight is 449 g/mol. The number of carbonyl (C=O) groups excluding carboxylic acids is 3. The van der Waals surface area contributed by atoms with Gasteiger partial charge < -0.3 is 19.8 Å². The van der Waals surface area contributed by atoms with Crippen LogP contribution < -0.4 is 10.4 Å². The fourth-order valence-electron chi connectivity index (χ4n) is 4.38. The van der Waals surface area contributed by atoms with Gasteiger partial charge in [0.25, 0.3) is 5.91 Å². The van der Waals surface area contributed by atoms with Crippen LogP contribution in [0.15, 0.2) is 18.5 Å². The summed E-state index contributed by atoms with van der Waals surface area (Å²) in [6.07, 6.45) is 4.67. The molecule has 2 aliphatic heterocycles. The van der Waals surface area contributed by atoms with Crippen LogP contribution in [-0.2, 0) is 14.4 Å². The number of hydrogen-bond acceptors (Lipinski definition) is 8. The highest BCUT2D eigenvalue weighted by Gasteiger charge is 2.42. The Morgan fingerprint density at radius 3 is 2.47 bits per heavy atom. The summed E-state index contributed by atoms with van der Waals surface area (Å²) in [6, 6.07) is 1.15. The van der Waals surface area contributed by atoms with Gasteiger partial charge in [-0.25, -0.2) is 15.4 Å². The lowest BCUT2D eigenvalue weighted by Gasteiger charge is -2.38. The third-order valence-corrected chi connectivity index (χ3v) is 6.19. The van der Waals surface area contributed by atoms with Crippen LogP contribution >= 0.6 is 0 Å². The average Bonchev–Trinajstić information content (AvgIpc) is 3.33. The van der Waals surface area contributed by atoms with E-state index in [1.165, 1.54) is 10.4 Å². The minimum absolute atomic E-state index is 0.111. The van der Waals surface area contributed by atoms with E-state index in [0.29, 0.717) is 64.4 Å². The summed E-state index contributed by atoms with van der Waals surface area (Å²) in [7, 11) is 0. The predicted molar refractivity (Wildman–Crippen MR) is 115 cm³/mol. The van der Waals surface area contributed by atoms with E-state index in [1.807, 2.05) is 11.8 Å². The van der Waals surface area contributed by atoms with E-state index in [4.69, 9.17) is 5.21 Å². The standard InChI is InChI=1S/C21H32N6O5/c1-2-3-6-15(17(28)18(29)24-32)19(30)27-10-4-7-16(27)20(31)25-11-13-26(14-12-25)21-22-8-5-9-23-21/h5,8-9,15-17,28,32H,2-4,6-7,10-14H2,1H3,(H,24,29). The number of nitrogens with zero attached hydrogens (tertiary/aromatic N) is 5. The molecule has 0 bridgehead atoms. The molecule has 0 saturated carbocycles. The molecule has 0 radical (unpaired) electrons. The molecule has 176 valence electrons. The molecule has 2 fully saturated rings. The molecule has 3 amide bonds. The van der Waals surface area contributed by atoms with E-state index in [9.17, 15) is 19.5 Å². The van der Waals surface area contributed by atoms with Gasteiger partial charge in [-0.2, -0.15) is 0 Å². The summed E-state index contributed by atoms with van der Waals surface area (Å²) >= 11 is 0. The number of likely N-dealkylation sites (tertiary alicyclic amines) is 1. The first kappa shape index (κ1) is 23.9. The Bertz CT molecular complexity index is 786. The fraction of sp³-hybridized carbons (Fsp3) is 0.667. The van der Waals surface area contributed by atoms with Gasteiger partial charge in [-0.1, -0.05) is 19.8 Å². The maximum absolute atomic E-state index is 13.3. The first-order valence-corrected chi connectivity index (χ1v) is 11.2. The van der Waals surface area contributed by atoms with Crippen molar-refractivity contribution in [2.75, 3.05) is 37.6 Å². The molecule has 3 rings (SSSR count). The van der Waals surface area contributed by atoms with Gasteiger partial charge in [-0.05, 0) is 25.3 Å². The van der Waals surface area contributed by atoms with Gasteiger partial charge >= 0.3 is 0 Å². The monoisotopic (exact) mass is 448 g/mol. The van der Waals surface area contributed by atoms with Crippen molar-refractivity contribution in [3.05, 3.63) is 18.5 Å². The van der Waals surface area contributed by atoms with Crippen molar-refractivity contribution in [2.24, 2.45) is 5.92 Å². The summed E-state index contributed by atoms with van der Waals surface area (Å²) in [5.41, 5.74) is 1.42. The van der Waals surface area contributed by atoms with Gasteiger partial charge in [0, 0.05) is 45.1 Å². The molecule has 3 N–H and O–H groups in total. The maximum atomic E-state index is 13.3. The number of nitrogens with one attached hydrogen (secondary N) is 1. The van der Waals surface area contributed by atoms with E-state index in [2.05, 4.69) is 9.97 Å². The second-order valence-corrected chi connectivity index (χ2v) is 8.22. The Morgan fingerprint density at radius 1 is 1.16 bits per heavy atom. The molecule has 2 saturated heterocycles. The third-order valence-electron chi connectivity index (χ3n) is 6.19. The number of rotatable bonds is 8. The van der Waals surface area contributed by atoms with Gasteiger partial charge in [-0.3, -0.25) is 19.6 Å². The summed E-state index contributed by atoms with van der Waals surface area (Å²) < 4.78 is 0. The summed E-state index contributed by atoms with van der Waals surface area (Å²) in [4.78, 5) is 52.1. The zero-order valence-corrected chi connectivity index (χ0v) is 18.4. The molecule has 32 heavy (non-hydrogen) atoms. The number of unbranched alkanes of at least 4 members (excludes halogenated alkanes) is 1. The number of hydrogen-bond donors (Lipinski definition) is 3. The summed E-state index contributed by atoms with van der Waals surface area (Å²) in [6.45, 7) is 4.57. The van der Waals surface area contributed by atoms with E-state index in [0.717, 1.165) is 6.42 Å². The lowest BCUT2D eigenvalue weighted by molar-refractivity contribution is -0.154. The molecular weight excluding hydrogens is 416 g/mol. The van der Waals surface area contributed by atoms with E-state index in [1.54, 1.807) is 23.4 Å². The SMILES string of the molecule is CCCCC(C(=O)N1CCCC1C(=O)N1CCN(c2ncccn2)CC1)C(O)C(=O)NO. The number of aromatic nitrogens is 2. The molecule has 11 nitrogen and oxygen atoms in total. The number of hydroxylamine groups is 1. The molecule has 3 unspecified atom stereocenters. The minimum Gasteiger partial charge on any atom is -0.382 e. The highest BCUT2D eigenvalue weighted by atomic mass is 16.5. The number of carbonyl (C=O) groups is 3. The molecule has 3 atom stereocenters.